The molecule has 28 heavy (non-hydrogen) atoms. The van der Waals surface area contributed by atoms with Gasteiger partial charge in [-0.25, -0.2) is 18.2 Å². The van der Waals surface area contributed by atoms with Gasteiger partial charge in [-0.3, -0.25) is 0 Å². The van der Waals surface area contributed by atoms with Gasteiger partial charge in [0.05, 0.1) is 17.6 Å². The van der Waals surface area contributed by atoms with Crippen LogP contribution < -0.4 is 9.46 Å². The first-order valence-electron chi connectivity index (χ1n) is 8.29. The number of carboxylic acids is 1. The van der Waals surface area contributed by atoms with Crippen molar-refractivity contribution in [3.8, 4) is 5.75 Å². The minimum atomic E-state index is -3.97. The predicted octanol–water partition coefficient (Wildman–Crippen LogP) is 2.19. The van der Waals surface area contributed by atoms with E-state index in [4.69, 9.17) is 9.84 Å². The molecular formula is C19H19N3O5S. The van der Waals surface area contributed by atoms with Gasteiger partial charge in [-0.05, 0) is 30.3 Å². The van der Waals surface area contributed by atoms with Crippen LogP contribution in [-0.2, 0) is 17.1 Å². The Labute approximate surface area is 162 Å². The SMILES string of the molecule is COc1ccccc1C(NS(=O)(=O)c1ccc(C(=O)O)cc1)c1nccn1C. The van der Waals surface area contributed by atoms with Crippen molar-refractivity contribution in [1.82, 2.24) is 14.3 Å². The maximum atomic E-state index is 13.0. The first-order valence-corrected chi connectivity index (χ1v) is 9.77. The fourth-order valence-electron chi connectivity index (χ4n) is 2.82. The van der Waals surface area contributed by atoms with Gasteiger partial charge in [0.1, 0.15) is 17.6 Å². The third-order valence-electron chi connectivity index (χ3n) is 4.25. The molecule has 8 nitrogen and oxygen atoms in total. The van der Waals surface area contributed by atoms with Crippen LogP contribution in [0, 0.1) is 0 Å². The molecule has 0 spiro atoms. The Kier molecular flexibility index (Phi) is 5.48. The van der Waals surface area contributed by atoms with Gasteiger partial charge in [-0.15, -0.1) is 0 Å². The zero-order chi connectivity index (χ0) is 20.3. The molecule has 9 heteroatoms. The zero-order valence-corrected chi connectivity index (χ0v) is 16.1. The fraction of sp³-hybridized carbons (Fsp3) is 0.158. The molecule has 0 aliphatic heterocycles. The molecule has 3 aromatic rings. The Morgan fingerprint density at radius 3 is 2.43 bits per heavy atom. The molecule has 0 bridgehead atoms. The van der Waals surface area contributed by atoms with E-state index in [0.29, 0.717) is 17.1 Å². The predicted molar refractivity (Wildman–Crippen MR) is 102 cm³/mol. The molecule has 2 N–H and O–H groups in total. The molecule has 1 heterocycles. The smallest absolute Gasteiger partial charge is 0.335 e. The van der Waals surface area contributed by atoms with Crippen molar-refractivity contribution in [2.75, 3.05) is 7.11 Å². The van der Waals surface area contributed by atoms with E-state index in [0.717, 1.165) is 0 Å². The fourth-order valence-corrected chi connectivity index (χ4v) is 3.99. The summed E-state index contributed by atoms with van der Waals surface area (Å²) in [5.41, 5.74) is 0.606. The minimum Gasteiger partial charge on any atom is -0.496 e. The number of benzene rings is 2. The van der Waals surface area contributed by atoms with Crippen molar-refractivity contribution >= 4 is 16.0 Å². The van der Waals surface area contributed by atoms with Crippen molar-refractivity contribution in [1.29, 1.82) is 0 Å². The lowest BCUT2D eigenvalue weighted by Gasteiger charge is -2.21. The Morgan fingerprint density at radius 2 is 1.86 bits per heavy atom. The highest BCUT2D eigenvalue weighted by Crippen LogP contribution is 2.30. The largest absolute Gasteiger partial charge is 0.496 e. The summed E-state index contributed by atoms with van der Waals surface area (Å²) in [6.45, 7) is 0. The normalized spacial score (nSPS) is 12.5. The summed E-state index contributed by atoms with van der Waals surface area (Å²) in [7, 11) is -0.698. The van der Waals surface area contributed by atoms with Gasteiger partial charge >= 0.3 is 5.97 Å². The van der Waals surface area contributed by atoms with Crippen LogP contribution in [0.3, 0.4) is 0 Å². The number of aromatic nitrogens is 2. The maximum absolute atomic E-state index is 13.0. The number of aromatic carboxylic acids is 1. The first kappa shape index (κ1) is 19.6. The second kappa shape index (κ2) is 7.83. The highest BCUT2D eigenvalue weighted by atomic mass is 32.2. The lowest BCUT2D eigenvalue weighted by Crippen LogP contribution is -2.31. The van der Waals surface area contributed by atoms with E-state index in [9.17, 15) is 13.2 Å². The molecule has 2 aromatic carbocycles. The van der Waals surface area contributed by atoms with E-state index < -0.39 is 22.0 Å². The Balaban J connectivity index is 2.04. The Morgan fingerprint density at radius 1 is 1.18 bits per heavy atom. The highest BCUT2D eigenvalue weighted by molar-refractivity contribution is 7.89. The average Bonchev–Trinajstić information content (AvgIpc) is 3.12. The van der Waals surface area contributed by atoms with Gasteiger partial charge in [0.25, 0.3) is 0 Å². The van der Waals surface area contributed by atoms with Crippen molar-refractivity contribution in [2.24, 2.45) is 7.05 Å². The third kappa shape index (κ3) is 3.90. The summed E-state index contributed by atoms with van der Waals surface area (Å²) in [6.07, 6.45) is 3.29. The number of ether oxygens (including phenoxy) is 1. The van der Waals surface area contributed by atoms with Gasteiger partial charge in [-0.2, -0.15) is 4.72 Å². The molecule has 0 fully saturated rings. The van der Waals surface area contributed by atoms with Gasteiger partial charge < -0.3 is 14.4 Å². The average molecular weight is 401 g/mol. The quantitative estimate of drug-likeness (QED) is 0.628. The van der Waals surface area contributed by atoms with E-state index in [1.807, 2.05) is 0 Å². The topological polar surface area (TPSA) is 111 Å². The summed E-state index contributed by atoms with van der Waals surface area (Å²) < 4.78 is 35.7. The second-order valence-electron chi connectivity index (χ2n) is 6.02. The van der Waals surface area contributed by atoms with Crippen LogP contribution >= 0.6 is 0 Å². The van der Waals surface area contributed by atoms with Gasteiger partial charge in [0.2, 0.25) is 10.0 Å². The van der Waals surface area contributed by atoms with Gasteiger partial charge in [0, 0.05) is 25.0 Å². The molecule has 0 saturated carbocycles. The van der Waals surface area contributed by atoms with Gasteiger partial charge in [0.15, 0.2) is 0 Å². The summed E-state index contributed by atoms with van der Waals surface area (Å²) in [6, 6.07) is 11.3. The molecule has 0 aliphatic rings. The molecule has 1 atom stereocenters. The van der Waals surface area contributed by atoms with Crippen LogP contribution in [0.2, 0.25) is 0 Å². The molecule has 1 aromatic heterocycles. The number of carboxylic acid groups (broad SMARTS) is 1. The Bertz CT molecular complexity index is 1090. The molecule has 0 aliphatic carbocycles. The monoisotopic (exact) mass is 401 g/mol. The number of para-hydroxylation sites is 1. The van der Waals surface area contributed by atoms with Crippen molar-refractivity contribution in [3.05, 3.63) is 77.9 Å². The number of methoxy groups -OCH3 is 1. The molecule has 1 unspecified atom stereocenters. The number of rotatable bonds is 7. The summed E-state index contributed by atoms with van der Waals surface area (Å²) in [5.74, 6) is -0.133. The number of imidazole rings is 1. The molecule has 0 saturated heterocycles. The summed E-state index contributed by atoms with van der Waals surface area (Å²) >= 11 is 0. The standard InChI is InChI=1S/C19H19N3O5S/c1-22-12-11-20-18(22)17(15-5-3-4-6-16(15)27-2)21-28(25,26)14-9-7-13(8-10-14)19(23)24/h3-12,17,21H,1-2H3,(H,23,24). The lowest BCUT2D eigenvalue weighted by atomic mass is 10.1. The molecule has 146 valence electrons. The van der Waals surface area contributed by atoms with Crippen molar-refractivity contribution in [3.63, 3.8) is 0 Å². The first-order chi connectivity index (χ1) is 13.3. The molecule has 3 rings (SSSR count). The molecular weight excluding hydrogens is 382 g/mol. The van der Waals surface area contributed by atoms with E-state index in [-0.39, 0.29) is 10.5 Å². The number of sulfonamides is 1. The third-order valence-corrected chi connectivity index (χ3v) is 5.69. The lowest BCUT2D eigenvalue weighted by molar-refractivity contribution is 0.0696. The van der Waals surface area contributed by atoms with E-state index in [1.165, 1.54) is 31.4 Å². The minimum absolute atomic E-state index is 0.00401. The number of nitrogens with one attached hydrogen (secondary N) is 1. The number of hydrogen-bond donors (Lipinski definition) is 2. The Hall–Kier alpha value is -3.17. The van der Waals surface area contributed by atoms with Crippen LogP contribution in [0.4, 0.5) is 0 Å². The molecule has 0 amide bonds. The van der Waals surface area contributed by atoms with E-state index in [2.05, 4.69) is 9.71 Å². The van der Waals surface area contributed by atoms with Crippen LogP contribution in [0.25, 0.3) is 0 Å². The number of carbonyl (C=O) groups is 1. The zero-order valence-electron chi connectivity index (χ0n) is 15.2. The van der Waals surface area contributed by atoms with E-state index >= 15 is 0 Å². The maximum Gasteiger partial charge on any atom is 0.335 e. The second-order valence-corrected chi connectivity index (χ2v) is 7.74. The number of nitrogens with zero attached hydrogens (tertiary/aromatic N) is 2. The summed E-state index contributed by atoms with van der Waals surface area (Å²) in [4.78, 5) is 15.2. The van der Waals surface area contributed by atoms with Crippen LogP contribution in [0.5, 0.6) is 5.75 Å². The van der Waals surface area contributed by atoms with Crippen LogP contribution in [-0.4, -0.2) is 36.2 Å². The van der Waals surface area contributed by atoms with Gasteiger partial charge in [-0.1, -0.05) is 18.2 Å². The van der Waals surface area contributed by atoms with Crippen LogP contribution in [0.1, 0.15) is 27.8 Å². The molecule has 0 radical (unpaired) electrons. The number of aryl methyl sites for hydroxylation is 1. The van der Waals surface area contributed by atoms with E-state index in [1.54, 1.807) is 48.3 Å². The van der Waals surface area contributed by atoms with Crippen LogP contribution in [0.15, 0.2) is 65.8 Å². The summed E-state index contributed by atoms with van der Waals surface area (Å²) in [5, 5.41) is 9.00. The number of hydrogen-bond acceptors (Lipinski definition) is 5. The highest BCUT2D eigenvalue weighted by Gasteiger charge is 2.28. The van der Waals surface area contributed by atoms with Crippen molar-refractivity contribution in [2.45, 2.75) is 10.9 Å². The van der Waals surface area contributed by atoms with Crippen molar-refractivity contribution < 1.29 is 23.1 Å².